The second-order valence-electron chi connectivity index (χ2n) is 3.91. The van der Waals surface area contributed by atoms with Crippen LogP contribution in [0.2, 0.25) is 0 Å². The van der Waals surface area contributed by atoms with Crippen molar-refractivity contribution in [2.75, 3.05) is 13.2 Å². The maximum atomic E-state index is 11.5. The van der Waals surface area contributed by atoms with Crippen LogP contribution in [0.1, 0.15) is 24.5 Å². The zero-order valence-electron chi connectivity index (χ0n) is 10.9. The SMILES string of the molecule is CCOCCC(=O)NCc1cccc(C(N)=NO)c1. The molecule has 6 nitrogen and oxygen atoms in total. The van der Waals surface area contributed by atoms with E-state index < -0.39 is 0 Å². The molecule has 0 fully saturated rings. The molecule has 1 aromatic carbocycles. The molecule has 0 atom stereocenters. The molecule has 0 saturated heterocycles. The molecule has 1 rings (SSSR count). The second-order valence-corrected chi connectivity index (χ2v) is 3.91. The first kappa shape index (κ1) is 15.0. The third-order valence-corrected chi connectivity index (χ3v) is 2.50. The van der Waals surface area contributed by atoms with Gasteiger partial charge in [0.15, 0.2) is 5.84 Å². The van der Waals surface area contributed by atoms with Crippen molar-refractivity contribution in [2.45, 2.75) is 19.9 Å². The number of amides is 1. The van der Waals surface area contributed by atoms with E-state index in [4.69, 9.17) is 15.7 Å². The van der Waals surface area contributed by atoms with Gasteiger partial charge in [0.1, 0.15) is 0 Å². The molecule has 0 aliphatic heterocycles. The summed E-state index contributed by atoms with van der Waals surface area (Å²) in [6.45, 7) is 3.32. The molecule has 0 saturated carbocycles. The van der Waals surface area contributed by atoms with Crippen LogP contribution in [0.25, 0.3) is 0 Å². The number of oxime groups is 1. The van der Waals surface area contributed by atoms with E-state index in [2.05, 4.69) is 10.5 Å². The van der Waals surface area contributed by atoms with Crippen LogP contribution >= 0.6 is 0 Å². The smallest absolute Gasteiger partial charge is 0.222 e. The van der Waals surface area contributed by atoms with Crippen molar-refractivity contribution < 1.29 is 14.7 Å². The molecule has 1 amide bonds. The third-order valence-electron chi connectivity index (χ3n) is 2.50. The largest absolute Gasteiger partial charge is 0.409 e. The Kier molecular flexibility index (Phi) is 6.38. The van der Waals surface area contributed by atoms with Gasteiger partial charge in [0.25, 0.3) is 0 Å². The van der Waals surface area contributed by atoms with Gasteiger partial charge in [-0.25, -0.2) is 0 Å². The van der Waals surface area contributed by atoms with Crippen molar-refractivity contribution in [1.82, 2.24) is 5.32 Å². The highest BCUT2D eigenvalue weighted by atomic mass is 16.5. The number of carbonyl (C=O) groups is 1. The zero-order valence-corrected chi connectivity index (χ0v) is 10.9. The number of hydrogen-bond donors (Lipinski definition) is 3. The van der Waals surface area contributed by atoms with E-state index in [0.717, 1.165) is 5.56 Å². The first-order valence-corrected chi connectivity index (χ1v) is 6.08. The molecule has 19 heavy (non-hydrogen) atoms. The number of nitrogens with one attached hydrogen (secondary N) is 1. The van der Waals surface area contributed by atoms with E-state index in [0.29, 0.717) is 31.7 Å². The monoisotopic (exact) mass is 265 g/mol. The summed E-state index contributed by atoms with van der Waals surface area (Å²) in [7, 11) is 0. The van der Waals surface area contributed by atoms with Crippen molar-refractivity contribution in [3.8, 4) is 0 Å². The van der Waals surface area contributed by atoms with Gasteiger partial charge in [0, 0.05) is 25.1 Å². The third kappa shape index (κ3) is 5.39. The molecule has 4 N–H and O–H groups in total. The molecular weight excluding hydrogens is 246 g/mol. The summed E-state index contributed by atoms with van der Waals surface area (Å²) in [6, 6.07) is 7.14. The fourth-order valence-corrected chi connectivity index (χ4v) is 1.50. The summed E-state index contributed by atoms with van der Waals surface area (Å²) in [5.41, 5.74) is 6.99. The van der Waals surface area contributed by atoms with Gasteiger partial charge in [-0.1, -0.05) is 23.4 Å². The summed E-state index contributed by atoms with van der Waals surface area (Å²) in [4.78, 5) is 11.5. The van der Waals surface area contributed by atoms with Crippen LogP contribution in [0.4, 0.5) is 0 Å². The second kappa shape index (κ2) is 8.10. The lowest BCUT2D eigenvalue weighted by Crippen LogP contribution is -2.24. The van der Waals surface area contributed by atoms with E-state index in [1.165, 1.54) is 0 Å². The molecule has 0 aliphatic rings. The maximum absolute atomic E-state index is 11.5. The normalized spacial score (nSPS) is 11.3. The Labute approximate surface area is 112 Å². The molecule has 0 unspecified atom stereocenters. The van der Waals surface area contributed by atoms with Gasteiger partial charge in [0.05, 0.1) is 6.61 Å². The quantitative estimate of drug-likeness (QED) is 0.223. The molecule has 1 aromatic rings. The van der Waals surface area contributed by atoms with E-state index >= 15 is 0 Å². The Morgan fingerprint density at radius 1 is 1.53 bits per heavy atom. The van der Waals surface area contributed by atoms with Crippen molar-refractivity contribution >= 4 is 11.7 Å². The number of amidine groups is 1. The van der Waals surface area contributed by atoms with E-state index in [1.807, 2.05) is 13.0 Å². The number of benzene rings is 1. The average Bonchev–Trinajstić information content (AvgIpc) is 2.45. The van der Waals surface area contributed by atoms with Crippen molar-refractivity contribution in [3.05, 3.63) is 35.4 Å². The Morgan fingerprint density at radius 2 is 2.32 bits per heavy atom. The maximum Gasteiger partial charge on any atom is 0.222 e. The first-order valence-electron chi connectivity index (χ1n) is 6.08. The highest BCUT2D eigenvalue weighted by Gasteiger charge is 2.03. The minimum Gasteiger partial charge on any atom is -0.409 e. The predicted octanol–water partition coefficient (Wildman–Crippen LogP) is 0.824. The zero-order chi connectivity index (χ0) is 14.1. The summed E-state index contributed by atoms with van der Waals surface area (Å²) < 4.78 is 5.10. The van der Waals surface area contributed by atoms with Gasteiger partial charge >= 0.3 is 0 Å². The molecule has 0 heterocycles. The Hall–Kier alpha value is -2.08. The molecule has 0 radical (unpaired) electrons. The molecular formula is C13H19N3O3. The number of nitrogens with zero attached hydrogens (tertiary/aromatic N) is 1. The fourth-order valence-electron chi connectivity index (χ4n) is 1.50. The van der Waals surface area contributed by atoms with Gasteiger partial charge in [-0.3, -0.25) is 4.79 Å². The van der Waals surface area contributed by atoms with E-state index in [1.54, 1.807) is 18.2 Å². The first-order chi connectivity index (χ1) is 9.17. The van der Waals surface area contributed by atoms with Gasteiger partial charge < -0.3 is 21.0 Å². The molecule has 0 aromatic heterocycles. The van der Waals surface area contributed by atoms with Crippen LogP contribution in [-0.4, -0.2) is 30.2 Å². The van der Waals surface area contributed by atoms with Crippen LogP contribution in [0, 0.1) is 0 Å². The standard InChI is InChI=1S/C13H19N3O3/c1-2-19-7-6-12(17)15-9-10-4-3-5-11(8-10)13(14)16-18/h3-5,8,18H,2,6-7,9H2,1H3,(H2,14,16)(H,15,17). The molecule has 6 heteroatoms. The summed E-state index contributed by atoms with van der Waals surface area (Å²) in [6.07, 6.45) is 0.341. The highest BCUT2D eigenvalue weighted by molar-refractivity contribution is 5.97. The Morgan fingerprint density at radius 3 is 3.00 bits per heavy atom. The fraction of sp³-hybridized carbons (Fsp3) is 0.385. The van der Waals surface area contributed by atoms with Gasteiger partial charge in [-0.2, -0.15) is 0 Å². The lowest BCUT2D eigenvalue weighted by molar-refractivity contribution is -0.122. The van der Waals surface area contributed by atoms with E-state index in [9.17, 15) is 4.79 Å². The van der Waals surface area contributed by atoms with Crippen LogP contribution in [0.15, 0.2) is 29.4 Å². The number of ether oxygens (including phenoxy) is 1. The van der Waals surface area contributed by atoms with Gasteiger partial charge in [-0.05, 0) is 18.6 Å². The summed E-state index contributed by atoms with van der Waals surface area (Å²) in [5, 5.41) is 14.3. The van der Waals surface area contributed by atoms with Crippen LogP contribution in [0.3, 0.4) is 0 Å². The van der Waals surface area contributed by atoms with Gasteiger partial charge in [-0.15, -0.1) is 0 Å². The predicted molar refractivity (Wildman–Crippen MR) is 71.9 cm³/mol. The number of nitrogens with two attached hydrogens (primary N) is 1. The number of hydrogen-bond acceptors (Lipinski definition) is 4. The average molecular weight is 265 g/mol. The number of rotatable bonds is 7. The topological polar surface area (TPSA) is 96.9 Å². The molecule has 0 bridgehead atoms. The summed E-state index contributed by atoms with van der Waals surface area (Å²) in [5.74, 6) is -0.0211. The molecule has 0 spiro atoms. The van der Waals surface area contributed by atoms with Crippen molar-refractivity contribution in [1.29, 1.82) is 0 Å². The van der Waals surface area contributed by atoms with Crippen molar-refractivity contribution in [2.24, 2.45) is 10.9 Å². The number of carbonyl (C=O) groups excluding carboxylic acids is 1. The lowest BCUT2D eigenvalue weighted by Gasteiger charge is -2.07. The van der Waals surface area contributed by atoms with Gasteiger partial charge in [0.2, 0.25) is 5.91 Å². The molecule has 104 valence electrons. The van der Waals surface area contributed by atoms with E-state index in [-0.39, 0.29) is 11.7 Å². The summed E-state index contributed by atoms with van der Waals surface area (Å²) >= 11 is 0. The Balaban J connectivity index is 2.47. The highest BCUT2D eigenvalue weighted by Crippen LogP contribution is 2.05. The van der Waals surface area contributed by atoms with Crippen LogP contribution < -0.4 is 11.1 Å². The molecule has 0 aliphatic carbocycles. The minimum absolute atomic E-state index is 0.0459. The lowest BCUT2D eigenvalue weighted by atomic mass is 10.1. The minimum atomic E-state index is -0.0670. The Bertz CT molecular complexity index is 447. The van der Waals surface area contributed by atoms with Crippen LogP contribution in [0.5, 0.6) is 0 Å². The van der Waals surface area contributed by atoms with Crippen LogP contribution in [-0.2, 0) is 16.1 Å². The van der Waals surface area contributed by atoms with Crippen molar-refractivity contribution in [3.63, 3.8) is 0 Å².